The summed E-state index contributed by atoms with van der Waals surface area (Å²) in [5.41, 5.74) is 2.24. The highest BCUT2D eigenvalue weighted by molar-refractivity contribution is 5.90. The number of carbonyl (C=O) groups is 1. The van der Waals surface area contributed by atoms with E-state index < -0.39 is 0 Å². The highest BCUT2D eigenvalue weighted by Crippen LogP contribution is 2.15. The lowest BCUT2D eigenvalue weighted by Crippen LogP contribution is -2.29. The van der Waals surface area contributed by atoms with E-state index in [1.165, 1.54) is 37.9 Å². The second kappa shape index (κ2) is 8.05. The van der Waals surface area contributed by atoms with Crippen LogP contribution in [0, 0.1) is 0 Å². The molecule has 1 aromatic carbocycles. The van der Waals surface area contributed by atoms with E-state index in [0.29, 0.717) is 6.42 Å². The van der Waals surface area contributed by atoms with Crippen LogP contribution in [0.25, 0.3) is 0 Å². The van der Waals surface area contributed by atoms with Gasteiger partial charge in [-0.3, -0.25) is 9.69 Å². The van der Waals surface area contributed by atoms with E-state index in [-0.39, 0.29) is 5.91 Å². The summed E-state index contributed by atoms with van der Waals surface area (Å²) < 4.78 is 0. The lowest BCUT2D eigenvalue weighted by Gasteiger charge is -2.26. The van der Waals surface area contributed by atoms with Gasteiger partial charge in [-0.2, -0.15) is 0 Å². The number of hydrogen-bond acceptors (Lipinski definition) is 2. The van der Waals surface area contributed by atoms with Gasteiger partial charge in [-0.05, 0) is 50.0 Å². The molecule has 1 aliphatic rings. The Morgan fingerprint density at radius 2 is 1.85 bits per heavy atom. The van der Waals surface area contributed by atoms with Crippen LogP contribution in [0.15, 0.2) is 24.3 Å². The Morgan fingerprint density at radius 1 is 1.15 bits per heavy atom. The van der Waals surface area contributed by atoms with Crippen LogP contribution in [0.3, 0.4) is 0 Å². The fraction of sp³-hybridized carbons (Fsp3) is 0.588. The van der Waals surface area contributed by atoms with Gasteiger partial charge in [0.15, 0.2) is 0 Å². The number of piperidine rings is 1. The maximum atomic E-state index is 11.7. The molecule has 1 aromatic rings. The molecule has 3 heteroatoms. The Bertz CT molecular complexity index is 408. The van der Waals surface area contributed by atoms with Crippen LogP contribution in [-0.4, -0.2) is 23.9 Å². The lowest BCUT2D eigenvalue weighted by molar-refractivity contribution is -0.116. The van der Waals surface area contributed by atoms with E-state index >= 15 is 0 Å². The molecule has 0 saturated carbocycles. The third-order valence-corrected chi connectivity index (χ3v) is 3.85. The predicted molar refractivity (Wildman–Crippen MR) is 83.7 cm³/mol. The Morgan fingerprint density at radius 3 is 2.50 bits per heavy atom. The smallest absolute Gasteiger partial charge is 0.224 e. The van der Waals surface area contributed by atoms with Gasteiger partial charge < -0.3 is 5.32 Å². The number of hydrogen-bond donors (Lipinski definition) is 1. The van der Waals surface area contributed by atoms with Gasteiger partial charge in [-0.15, -0.1) is 0 Å². The molecule has 2 rings (SSSR count). The number of nitrogens with zero attached hydrogens (tertiary/aromatic N) is 1. The molecule has 3 nitrogen and oxygen atoms in total. The van der Waals surface area contributed by atoms with E-state index in [2.05, 4.69) is 29.3 Å². The van der Waals surface area contributed by atoms with E-state index in [4.69, 9.17) is 0 Å². The standard InChI is InChI=1S/C17H26N2O/c1-2-3-7-17(20)18-16-10-8-15(9-11-16)14-19-12-5-4-6-13-19/h8-11H,2-7,12-14H2,1H3,(H,18,20). The van der Waals surface area contributed by atoms with Crippen LogP contribution in [0.1, 0.15) is 51.0 Å². The zero-order valence-electron chi connectivity index (χ0n) is 12.5. The second-order valence-corrected chi connectivity index (χ2v) is 5.69. The zero-order chi connectivity index (χ0) is 14.2. The molecule has 0 aromatic heterocycles. The Kier molecular flexibility index (Phi) is 6.06. The summed E-state index contributed by atoms with van der Waals surface area (Å²) in [5, 5.41) is 2.96. The number of anilines is 1. The Labute approximate surface area is 122 Å². The quantitative estimate of drug-likeness (QED) is 0.855. The van der Waals surface area contributed by atoms with Gasteiger partial charge in [0.1, 0.15) is 0 Å². The molecule has 1 N–H and O–H groups in total. The molecule has 20 heavy (non-hydrogen) atoms. The van der Waals surface area contributed by atoms with Crippen molar-refractivity contribution in [3.63, 3.8) is 0 Å². The molecule has 0 aliphatic carbocycles. The normalized spacial score (nSPS) is 16.1. The molecule has 1 saturated heterocycles. The maximum absolute atomic E-state index is 11.7. The summed E-state index contributed by atoms with van der Waals surface area (Å²) in [7, 11) is 0. The number of unbranched alkanes of at least 4 members (excludes halogenated alkanes) is 1. The van der Waals surface area contributed by atoms with E-state index in [9.17, 15) is 4.79 Å². The highest BCUT2D eigenvalue weighted by atomic mass is 16.1. The van der Waals surface area contributed by atoms with Crippen LogP contribution in [0.2, 0.25) is 0 Å². The lowest BCUT2D eigenvalue weighted by atomic mass is 10.1. The minimum absolute atomic E-state index is 0.121. The van der Waals surface area contributed by atoms with E-state index in [1.807, 2.05) is 12.1 Å². The molecule has 1 fully saturated rings. The van der Waals surface area contributed by atoms with Crippen molar-refractivity contribution >= 4 is 11.6 Å². The van der Waals surface area contributed by atoms with Crippen molar-refractivity contribution in [2.24, 2.45) is 0 Å². The van der Waals surface area contributed by atoms with E-state index in [1.54, 1.807) is 0 Å². The molecule has 0 spiro atoms. The predicted octanol–water partition coefficient (Wildman–Crippen LogP) is 3.80. The van der Waals surface area contributed by atoms with Gasteiger partial charge in [0.25, 0.3) is 0 Å². The Hall–Kier alpha value is -1.35. The van der Waals surface area contributed by atoms with Crippen LogP contribution in [0.4, 0.5) is 5.69 Å². The first-order chi connectivity index (χ1) is 9.78. The van der Waals surface area contributed by atoms with Crippen molar-refractivity contribution in [3.8, 4) is 0 Å². The molecule has 1 heterocycles. The average Bonchev–Trinajstić information content (AvgIpc) is 2.48. The van der Waals surface area contributed by atoms with Gasteiger partial charge in [0.05, 0.1) is 0 Å². The van der Waals surface area contributed by atoms with Crippen molar-refractivity contribution in [2.45, 2.75) is 52.0 Å². The third-order valence-electron chi connectivity index (χ3n) is 3.85. The van der Waals surface area contributed by atoms with Gasteiger partial charge in [-0.1, -0.05) is 31.9 Å². The molecule has 1 amide bonds. The summed E-state index contributed by atoms with van der Waals surface area (Å²) >= 11 is 0. The number of benzene rings is 1. The molecular formula is C17H26N2O. The van der Waals surface area contributed by atoms with Crippen LogP contribution in [0.5, 0.6) is 0 Å². The summed E-state index contributed by atoms with van der Waals surface area (Å²) in [6.07, 6.45) is 6.66. The maximum Gasteiger partial charge on any atom is 0.224 e. The first-order valence-corrected chi connectivity index (χ1v) is 7.89. The van der Waals surface area contributed by atoms with Crippen molar-refractivity contribution in [1.82, 2.24) is 4.90 Å². The first kappa shape index (κ1) is 15.0. The largest absolute Gasteiger partial charge is 0.326 e. The van der Waals surface area contributed by atoms with Gasteiger partial charge >= 0.3 is 0 Å². The summed E-state index contributed by atoms with van der Waals surface area (Å²) in [4.78, 5) is 14.2. The summed E-state index contributed by atoms with van der Waals surface area (Å²) in [5.74, 6) is 0.121. The molecule has 0 radical (unpaired) electrons. The monoisotopic (exact) mass is 274 g/mol. The van der Waals surface area contributed by atoms with Gasteiger partial charge in [-0.25, -0.2) is 0 Å². The second-order valence-electron chi connectivity index (χ2n) is 5.69. The molecule has 0 atom stereocenters. The van der Waals surface area contributed by atoms with Crippen LogP contribution in [-0.2, 0) is 11.3 Å². The first-order valence-electron chi connectivity index (χ1n) is 7.89. The zero-order valence-corrected chi connectivity index (χ0v) is 12.5. The van der Waals surface area contributed by atoms with Crippen molar-refractivity contribution in [3.05, 3.63) is 29.8 Å². The van der Waals surface area contributed by atoms with Gasteiger partial charge in [0.2, 0.25) is 5.91 Å². The molecule has 0 bridgehead atoms. The summed E-state index contributed by atoms with van der Waals surface area (Å²) in [6.45, 7) is 5.57. The summed E-state index contributed by atoms with van der Waals surface area (Å²) in [6, 6.07) is 8.29. The Balaban J connectivity index is 1.81. The molecule has 0 unspecified atom stereocenters. The van der Waals surface area contributed by atoms with Crippen molar-refractivity contribution in [2.75, 3.05) is 18.4 Å². The number of amides is 1. The van der Waals surface area contributed by atoms with Crippen LogP contribution < -0.4 is 5.32 Å². The topological polar surface area (TPSA) is 32.3 Å². The minimum Gasteiger partial charge on any atom is -0.326 e. The van der Waals surface area contributed by atoms with E-state index in [0.717, 1.165) is 25.1 Å². The fourth-order valence-electron chi connectivity index (χ4n) is 2.63. The number of rotatable bonds is 6. The fourth-order valence-corrected chi connectivity index (χ4v) is 2.63. The molecular weight excluding hydrogens is 248 g/mol. The third kappa shape index (κ3) is 4.97. The minimum atomic E-state index is 0.121. The SMILES string of the molecule is CCCCC(=O)Nc1ccc(CN2CCCCC2)cc1. The molecule has 110 valence electrons. The van der Waals surface area contributed by atoms with Gasteiger partial charge in [0, 0.05) is 18.7 Å². The number of nitrogens with one attached hydrogen (secondary N) is 1. The van der Waals surface area contributed by atoms with Crippen molar-refractivity contribution < 1.29 is 4.79 Å². The number of likely N-dealkylation sites (tertiary alicyclic amines) is 1. The average molecular weight is 274 g/mol. The highest BCUT2D eigenvalue weighted by Gasteiger charge is 2.10. The van der Waals surface area contributed by atoms with Crippen LogP contribution >= 0.6 is 0 Å². The van der Waals surface area contributed by atoms with Crippen molar-refractivity contribution in [1.29, 1.82) is 0 Å². The number of carbonyl (C=O) groups excluding carboxylic acids is 1. The molecule has 1 aliphatic heterocycles.